The molecule has 1 heterocycles. The van der Waals surface area contributed by atoms with Gasteiger partial charge in [0.05, 0.1) is 19.0 Å². The van der Waals surface area contributed by atoms with Crippen LogP contribution in [0.1, 0.15) is 135 Å². The molecule has 196 valence electrons. The summed E-state index contributed by atoms with van der Waals surface area (Å²) in [6, 6.07) is 8.76. The second-order valence-corrected chi connectivity index (χ2v) is 10.2. The van der Waals surface area contributed by atoms with E-state index >= 15 is 0 Å². The molecule has 0 saturated carbocycles. The second kappa shape index (κ2) is 20.3. The number of hydrogen-bond donors (Lipinski definition) is 0. The number of unbranched alkanes of at least 4 members (excludes halogenated alkanes) is 16. The molecule has 2 rings (SSSR count). The van der Waals surface area contributed by atoms with Gasteiger partial charge >= 0.3 is 0 Å². The average Bonchev–Trinajstić information content (AvgIpc) is 2.89. The van der Waals surface area contributed by atoms with Crippen molar-refractivity contribution in [1.82, 2.24) is 9.97 Å². The van der Waals surface area contributed by atoms with Gasteiger partial charge in [-0.15, -0.1) is 0 Å². The molecule has 1 aromatic carbocycles. The van der Waals surface area contributed by atoms with Gasteiger partial charge in [-0.3, -0.25) is 0 Å². The summed E-state index contributed by atoms with van der Waals surface area (Å²) < 4.78 is 5.86. The minimum absolute atomic E-state index is 0.757. The smallest absolute Gasteiger partial charge is 0.159 e. The highest BCUT2D eigenvalue weighted by Crippen LogP contribution is 2.19. The lowest BCUT2D eigenvalue weighted by molar-refractivity contribution is 0.302. The van der Waals surface area contributed by atoms with E-state index in [9.17, 15) is 0 Å². The van der Waals surface area contributed by atoms with Crippen LogP contribution < -0.4 is 4.74 Å². The van der Waals surface area contributed by atoms with Crippen molar-refractivity contribution in [2.75, 3.05) is 6.61 Å². The number of ether oxygens (including phenoxy) is 1. The van der Waals surface area contributed by atoms with Gasteiger partial charge in [0.15, 0.2) is 11.6 Å². The van der Waals surface area contributed by atoms with Crippen molar-refractivity contribution in [2.24, 2.45) is 0 Å². The van der Waals surface area contributed by atoms with Crippen LogP contribution in [0.25, 0.3) is 11.4 Å². The van der Waals surface area contributed by atoms with Crippen molar-refractivity contribution < 1.29 is 4.74 Å². The molecular weight excluding hydrogens is 428 g/mol. The lowest BCUT2D eigenvalue weighted by atomic mass is 10.0. The van der Waals surface area contributed by atoms with Crippen LogP contribution in [0.4, 0.5) is 0 Å². The number of rotatable bonds is 22. The summed E-state index contributed by atoms with van der Waals surface area (Å²) in [4.78, 5) is 9.06. The van der Waals surface area contributed by atoms with Crippen molar-refractivity contribution in [1.29, 1.82) is 0 Å². The number of hydrogen-bond acceptors (Lipinski definition) is 3. The van der Waals surface area contributed by atoms with Gasteiger partial charge < -0.3 is 4.74 Å². The third-order valence-electron chi connectivity index (χ3n) is 6.93. The van der Waals surface area contributed by atoms with E-state index in [-0.39, 0.29) is 0 Å². The van der Waals surface area contributed by atoms with Gasteiger partial charge in [-0.2, -0.15) is 0 Å². The number of aromatic nitrogens is 2. The highest BCUT2D eigenvalue weighted by Gasteiger charge is 2.03. The third-order valence-corrected chi connectivity index (χ3v) is 6.93. The Morgan fingerprint density at radius 2 is 1.00 bits per heavy atom. The SMILES string of the molecule is CCCCCCCCCCCCCOc1cnc(-c2ccc(CCCCCCCCC)cc2)nc1. The van der Waals surface area contributed by atoms with Gasteiger partial charge in [-0.1, -0.05) is 141 Å². The maximum absolute atomic E-state index is 5.86. The number of nitrogens with zero attached hydrogens (tertiary/aromatic N) is 2. The molecule has 0 atom stereocenters. The Balaban J connectivity index is 1.53. The molecule has 2 aromatic rings. The molecule has 0 unspecified atom stereocenters. The van der Waals surface area contributed by atoms with Gasteiger partial charge in [0.25, 0.3) is 0 Å². The summed E-state index contributed by atoms with van der Waals surface area (Å²) in [5, 5.41) is 0. The van der Waals surface area contributed by atoms with Crippen LogP contribution >= 0.6 is 0 Å². The summed E-state index contributed by atoms with van der Waals surface area (Å²) in [7, 11) is 0. The first-order valence-corrected chi connectivity index (χ1v) is 14.9. The summed E-state index contributed by atoms with van der Waals surface area (Å²) in [5.41, 5.74) is 2.49. The Hall–Kier alpha value is -1.90. The largest absolute Gasteiger partial charge is 0.490 e. The van der Waals surface area contributed by atoms with Gasteiger partial charge in [0.2, 0.25) is 0 Å². The summed E-state index contributed by atoms with van der Waals surface area (Å²) in [5.74, 6) is 1.55. The fraction of sp³-hybridized carbons (Fsp3) is 0.688. The van der Waals surface area contributed by atoms with Crippen LogP contribution in [0.3, 0.4) is 0 Å². The molecule has 0 fully saturated rings. The molecule has 0 bridgehead atoms. The molecule has 1 aromatic heterocycles. The molecule has 0 spiro atoms. The van der Waals surface area contributed by atoms with E-state index in [2.05, 4.69) is 48.1 Å². The van der Waals surface area contributed by atoms with Crippen molar-refractivity contribution in [3.8, 4) is 17.1 Å². The Labute approximate surface area is 216 Å². The average molecular weight is 481 g/mol. The minimum Gasteiger partial charge on any atom is -0.490 e. The van der Waals surface area contributed by atoms with Gasteiger partial charge in [0, 0.05) is 5.56 Å². The van der Waals surface area contributed by atoms with E-state index in [1.165, 1.54) is 121 Å². The third kappa shape index (κ3) is 14.3. The van der Waals surface area contributed by atoms with Crippen molar-refractivity contribution in [2.45, 2.75) is 136 Å². The predicted octanol–water partition coefficient (Wildman–Crippen LogP) is 10.1. The van der Waals surface area contributed by atoms with Gasteiger partial charge in [-0.25, -0.2) is 9.97 Å². The molecular formula is C32H52N2O. The van der Waals surface area contributed by atoms with Crippen LogP contribution in [0.2, 0.25) is 0 Å². The fourth-order valence-electron chi connectivity index (χ4n) is 4.60. The molecule has 0 aliphatic carbocycles. The van der Waals surface area contributed by atoms with Crippen LogP contribution in [0.15, 0.2) is 36.7 Å². The maximum atomic E-state index is 5.86. The molecule has 0 saturated heterocycles. The topological polar surface area (TPSA) is 35.0 Å². The van der Waals surface area contributed by atoms with E-state index in [0.29, 0.717) is 0 Å². The first-order valence-electron chi connectivity index (χ1n) is 14.9. The molecule has 35 heavy (non-hydrogen) atoms. The number of aryl methyl sites for hydroxylation is 1. The van der Waals surface area contributed by atoms with Crippen LogP contribution in [0, 0.1) is 0 Å². The Bertz CT molecular complexity index is 726. The van der Waals surface area contributed by atoms with E-state index in [4.69, 9.17) is 4.74 Å². The quantitative estimate of drug-likeness (QED) is 0.157. The predicted molar refractivity (Wildman–Crippen MR) is 151 cm³/mol. The Morgan fingerprint density at radius 3 is 1.51 bits per heavy atom. The highest BCUT2D eigenvalue weighted by molar-refractivity contribution is 5.55. The first kappa shape index (κ1) is 29.3. The summed E-state index contributed by atoms with van der Waals surface area (Å²) >= 11 is 0. The molecule has 0 amide bonds. The molecule has 3 nitrogen and oxygen atoms in total. The Morgan fingerprint density at radius 1 is 0.543 bits per heavy atom. The molecule has 0 N–H and O–H groups in total. The lowest BCUT2D eigenvalue weighted by Crippen LogP contribution is -1.99. The van der Waals surface area contributed by atoms with E-state index in [1.807, 2.05) is 12.4 Å². The zero-order valence-corrected chi connectivity index (χ0v) is 22.9. The molecule has 3 heteroatoms. The van der Waals surface area contributed by atoms with Crippen molar-refractivity contribution >= 4 is 0 Å². The standard InChI is InChI=1S/C32H52N2O/c1-3-5-7-9-11-12-13-14-16-18-20-26-35-31-27-33-32(34-28-31)30-24-22-29(23-25-30)21-19-17-15-10-8-6-4-2/h22-25,27-28H,3-21,26H2,1-2H3. The summed E-state index contributed by atoms with van der Waals surface area (Å²) in [6.07, 6.45) is 29.1. The maximum Gasteiger partial charge on any atom is 0.159 e. The van der Waals surface area contributed by atoms with E-state index < -0.39 is 0 Å². The van der Waals surface area contributed by atoms with Crippen LogP contribution in [-0.4, -0.2) is 16.6 Å². The molecule has 0 aliphatic heterocycles. The highest BCUT2D eigenvalue weighted by atomic mass is 16.5. The minimum atomic E-state index is 0.757. The molecule has 0 radical (unpaired) electrons. The fourth-order valence-corrected chi connectivity index (χ4v) is 4.60. The van der Waals surface area contributed by atoms with Crippen molar-refractivity contribution in [3.63, 3.8) is 0 Å². The van der Waals surface area contributed by atoms with Gasteiger partial charge in [-0.05, 0) is 24.8 Å². The second-order valence-electron chi connectivity index (χ2n) is 10.2. The zero-order valence-electron chi connectivity index (χ0n) is 22.9. The van der Waals surface area contributed by atoms with Crippen LogP contribution in [0.5, 0.6) is 5.75 Å². The van der Waals surface area contributed by atoms with E-state index in [0.717, 1.165) is 30.2 Å². The van der Waals surface area contributed by atoms with Gasteiger partial charge in [0.1, 0.15) is 0 Å². The molecule has 0 aliphatic rings. The zero-order chi connectivity index (χ0) is 24.8. The Kier molecular flexibility index (Phi) is 17.0. The number of benzene rings is 1. The monoisotopic (exact) mass is 480 g/mol. The van der Waals surface area contributed by atoms with E-state index in [1.54, 1.807) is 0 Å². The lowest BCUT2D eigenvalue weighted by Gasteiger charge is -2.07. The first-order chi connectivity index (χ1) is 17.3. The van der Waals surface area contributed by atoms with Crippen LogP contribution in [-0.2, 0) is 6.42 Å². The van der Waals surface area contributed by atoms with Crippen molar-refractivity contribution in [3.05, 3.63) is 42.2 Å². The summed E-state index contributed by atoms with van der Waals surface area (Å²) in [6.45, 7) is 5.31. The normalized spacial score (nSPS) is 11.1.